The summed E-state index contributed by atoms with van der Waals surface area (Å²) in [6, 6.07) is 2.00. The van der Waals surface area contributed by atoms with Gasteiger partial charge in [0, 0.05) is 24.7 Å². The number of thioether (sulfide) groups is 1. The number of aromatic nitrogens is 1. The molecule has 1 aromatic heterocycles. The normalized spacial score (nSPS) is 13.1. The fourth-order valence-corrected chi connectivity index (χ4v) is 1.97. The quantitative estimate of drug-likeness (QED) is 0.735. The maximum Gasteiger partial charge on any atom is 0.0802 e. The maximum absolute atomic E-state index is 9.60. The summed E-state index contributed by atoms with van der Waals surface area (Å²) >= 11 is 1.94. The number of rotatable bonds is 6. The first-order chi connectivity index (χ1) is 6.77. The molecular formula is C11H19NOS. The Labute approximate surface area is 90.3 Å². The van der Waals surface area contributed by atoms with E-state index in [2.05, 4.69) is 11.5 Å². The average Bonchev–Trinajstić information content (AvgIpc) is 2.66. The van der Waals surface area contributed by atoms with Crippen molar-refractivity contribution in [1.82, 2.24) is 4.57 Å². The van der Waals surface area contributed by atoms with Crippen LogP contribution >= 0.6 is 11.8 Å². The van der Waals surface area contributed by atoms with Crippen LogP contribution in [-0.4, -0.2) is 21.2 Å². The summed E-state index contributed by atoms with van der Waals surface area (Å²) in [6.07, 6.45) is 4.58. The van der Waals surface area contributed by atoms with E-state index in [0.29, 0.717) is 0 Å². The van der Waals surface area contributed by atoms with Gasteiger partial charge in [0.25, 0.3) is 0 Å². The van der Waals surface area contributed by atoms with Gasteiger partial charge in [-0.1, -0.05) is 13.8 Å². The van der Waals surface area contributed by atoms with Crippen molar-refractivity contribution in [2.45, 2.75) is 32.9 Å². The second-order valence-electron chi connectivity index (χ2n) is 3.30. The van der Waals surface area contributed by atoms with Crippen LogP contribution in [0, 0.1) is 0 Å². The summed E-state index contributed by atoms with van der Waals surface area (Å²) in [4.78, 5) is 0. The molecule has 2 nitrogen and oxygen atoms in total. The Hall–Kier alpha value is -0.410. The van der Waals surface area contributed by atoms with Gasteiger partial charge in [0.05, 0.1) is 6.10 Å². The number of hydrogen-bond donors (Lipinski definition) is 1. The lowest BCUT2D eigenvalue weighted by molar-refractivity contribution is 0.173. The molecule has 0 saturated carbocycles. The minimum Gasteiger partial charge on any atom is -0.388 e. The van der Waals surface area contributed by atoms with Gasteiger partial charge in [-0.05, 0) is 23.8 Å². The summed E-state index contributed by atoms with van der Waals surface area (Å²) in [5.74, 6) is 2.32. The molecule has 1 rings (SSSR count). The molecule has 0 bridgehead atoms. The molecule has 1 aromatic rings. The molecule has 1 unspecified atom stereocenters. The van der Waals surface area contributed by atoms with Crippen molar-refractivity contribution in [3.8, 4) is 0 Å². The van der Waals surface area contributed by atoms with Gasteiger partial charge < -0.3 is 9.67 Å². The van der Waals surface area contributed by atoms with Gasteiger partial charge in [0.2, 0.25) is 0 Å². The van der Waals surface area contributed by atoms with E-state index in [1.807, 2.05) is 37.1 Å². The van der Waals surface area contributed by atoms with E-state index in [9.17, 15) is 5.11 Å². The molecule has 0 aliphatic heterocycles. The second-order valence-corrected chi connectivity index (χ2v) is 4.70. The van der Waals surface area contributed by atoms with E-state index < -0.39 is 0 Å². The molecule has 0 aliphatic carbocycles. The SMILES string of the molecule is CCSCCn1ccc(C(O)CC)c1. The first kappa shape index (κ1) is 11.7. The van der Waals surface area contributed by atoms with Crippen molar-refractivity contribution in [3.63, 3.8) is 0 Å². The summed E-state index contributed by atoms with van der Waals surface area (Å²) in [5, 5.41) is 9.60. The smallest absolute Gasteiger partial charge is 0.0802 e. The second kappa shape index (κ2) is 6.14. The highest BCUT2D eigenvalue weighted by Gasteiger charge is 2.05. The van der Waals surface area contributed by atoms with E-state index in [4.69, 9.17) is 0 Å². The van der Waals surface area contributed by atoms with E-state index in [1.165, 1.54) is 5.75 Å². The van der Waals surface area contributed by atoms with Gasteiger partial charge in [0.15, 0.2) is 0 Å². The fourth-order valence-electron chi connectivity index (χ4n) is 1.35. The molecular weight excluding hydrogens is 194 g/mol. The average molecular weight is 213 g/mol. The third kappa shape index (κ3) is 3.39. The highest BCUT2D eigenvalue weighted by atomic mass is 32.2. The highest BCUT2D eigenvalue weighted by molar-refractivity contribution is 7.99. The van der Waals surface area contributed by atoms with Crippen molar-refractivity contribution in [1.29, 1.82) is 0 Å². The Morgan fingerprint density at radius 2 is 2.29 bits per heavy atom. The van der Waals surface area contributed by atoms with Crippen LogP contribution in [0.2, 0.25) is 0 Å². The predicted octanol–water partition coefficient (Wildman–Crippen LogP) is 2.68. The van der Waals surface area contributed by atoms with Crippen LogP contribution in [-0.2, 0) is 6.54 Å². The molecule has 0 saturated heterocycles. The maximum atomic E-state index is 9.60. The molecule has 0 radical (unpaired) electrons. The lowest BCUT2D eigenvalue weighted by Gasteiger charge is -2.04. The molecule has 0 fully saturated rings. The minimum atomic E-state index is -0.296. The van der Waals surface area contributed by atoms with Crippen LogP contribution in [0.5, 0.6) is 0 Å². The number of aliphatic hydroxyl groups excluding tert-OH is 1. The van der Waals surface area contributed by atoms with Crippen molar-refractivity contribution in [3.05, 3.63) is 24.0 Å². The highest BCUT2D eigenvalue weighted by Crippen LogP contribution is 2.16. The zero-order chi connectivity index (χ0) is 10.4. The topological polar surface area (TPSA) is 25.2 Å². The van der Waals surface area contributed by atoms with E-state index >= 15 is 0 Å². The molecule has 1 heterocycles. The molecule has 0 aliphatic rings. The molecule has 1 N–H and O–H groups in total. The molecule has 80 valence electrons. The van der Waals surface area contributed by atoms with Crippen LogP contribution in [0.25, 0.3) is 0 Å². The summed E-state index contributed by atoms with van der Waals surface area (Å²) < 4.78 is 2.15. The number of aryl methyl sites for hydroxylation is 1. The van der Waals surface area contributed by atoms with Crippen LogP contribution in [0.4, 0.5) is 0 Å². The Balaban J connectivity index is 2.42. The third-order valence-corrected chi connectivity index (χ3v) is 3.12. The van der Waals surface area contributed by atoms with Crippen molar-refractivity contribution >= 4 is 11.8 Å². The van der Waals surface area contributed by atoms with E-state index in [1.54, 1.807) is 0 Å². The Morgan fingerprint density at radius 3 is 2.93 bits per heavy atom. The number of hydrogen-bond acceptors (Lipinski definition) is 2. The lowest BCUT2D eigenvalue weighted by atomic mass is 10.1. The van der Waals surface area contributed by atoms with Crippen molar-refractivity contribution in [2.24, 2.45) is 0 Å². The molecule has 14 heavy (non-hydrogen) atoms. The molecule has 0 amide bonds. The first-order valence-electron chi connectivity index (χ1n) is 5.19. The van der Waals surface area contributed by atoms with Crippen LogP contribution < -0.4 is 0 Å². The monoisotopic (exact) mass is 213 g/mol. The number of nitrogens with zero attached hydrogens (tertiary/aromatic N) is 1. The molecule has 1 atom stereocenters. The van der Waals surface area contributed by atoms with Gasteiger partial charge in [-0.3, -0.25) is 0 Å². The lowest BCUT2D eigenvalue weighted by Crippen LogP contribution is -1.98. The summed E-state index contributed by atoms with van der Waals surface area (Å²) in [5.41, 5.74) is 1.04. The zero-order valence-electron chi connectivity index (χ0n) is 8.94. The predicted molar refractivity (Wildman–Crippen MR) is 62.7 cm³/mol. The third-order valence-electron chi connectivity index (χ3n) is 2.24. The van der Waals surface area contributed by atoms with Crippen LogP contribution in [0.3, 0.4) is 0 Å². The first-order valence-corrected chi connectivity index (χ1v) is 6.34. The van der Waals surface area contributed by atoms with E-state index in [0.717, 1.165) is 24.3 Å². The Morgan fingerprint density at radius 1 is 1.50 bits per heavy atom. The minimum absolute atomic E-state index is 0.296. The largest absolute Gasteiger partial charge is 0.388 e. The van der Waals surface area contributed by atoms with Gasteiger partial charge in [-0.2, -0.15) is 11.8 Å². The number of aliphatic hydroxyl groups is 1. The van der Waals surface area contributed by atoms with Crippen molar-refractivity contribution in [2.75, 3.05) is 11.5 Å². The van der Waals surface area contributed by atoms with Crippen LogP contribution in [0.15, 0.2) is 18.5 Å². The van der Waals surface area contributed by atoms with Crippen LogP contribution in [0.1, 0.15) is 31.9 Å². The Bertz CT molecular complexity index is 260. The van der Waals surface area contributed by atoms with Gasteiger partial charge in [-0.15, -0.1) is 0 Å². The summed E-state index contributed by atoms with van der Waals surface area (Å²) in [7, 11) is 0. The molecule has 3 heteroatoms. The van der Waals surface area contributed by atoms with Gasteiger partial charge >= 0.3 is 0 Å². The van der Waals surface area contributed by atoms with Gasteiger partial charge in [0.1, 0.15) is 0 Å². The van der Waals surface area contributed by atoms with Gasteiger partial charge in [-0.25, -0.2) is 0 Å². The standard InChI is InChI=1S/C11H19NOS/c1-3-11(13)10-5-6-12(9-10)7-8-14-4-2/h5-6,9,11,13H,3-4,7-8H2,1-2H3. The summed E-state index contributed by atoms with van der Waals surface area (Å²) in [6.45, 7) is 5.20. The van der Waals surface area contributed by atoms with Crippen molar-refractivity contribution < 1.29 is 5.11 Å². The molecule has 0 aromatic carbocycles. The van der Waals surface area contributed by atoms with E-state index in [-0.39, 0.29) is 6.10 Å². The zero-order valence-corrected chi connectivity index (χ0v) is 9.76. The molecule has 0 spiro atoms. The Kier molecular flexibility index (Phi) is 5.12. The fraction of sp³-hybridized carbons (Fsp3) is 0.636.